The number of aromatic nitrogens is 2. The maximum atomic E-state index is 5.81. The molecule has 3 aromatic rings. The number of imidazole rings is 1. The average Bonchev–Trinajstić information content (AvgIpc) is 2.65. The van der Waals surface area contributed by atoms with Crippen molar-refractivity contribution in [2.24, 2.45) is 0 Å². The fourth-order valence-electron chi connectivity index (χ4n) is 2.20. The molecule has 0 spiro atoms. The highest BCUT2D eigenvalue weighted by atomic mass is 79.9. The van der Waals surface area contributed by atoms with E-state index in [9.17, 15) is 0 Å². The van der Waals surface area contributed by atoms with Crippen molar-refractivity contribution < 1.29 is 0 Å². The van der Waals surface area contributed by atoms with E-state index in [1.54, 1.807) is 0 Å². The van der Waals surface area contributed by atoms with Crippen LogP contribution in [0.1, 0.15) is 5.82 Å². The Labute approximate surface area is 127 Å². The van der Waals surface area contributed by atoms with E-state index in [-0.39, 0.29) is 0 Å². The number of hydrogen-bond acceptors (Lipinski definition) is 2. The van der Waals surface area contributed by atoms with Crippen molar-refractivity contribution >= 4 is 48.6 Å². The van der Waals surface area contributed by atoms with E-state index in [1.807, 2.05) is 43.3 Å². The van der Waals surface area contributed by atoms with Gasteiger partial charge in [-0.05, 0) is 69.1 Å². The third-order valence-corrected chi connectivity index (χ3v) is 4.29. The first-order valence-electron chi connectivity index (χ1n) is 5.77. The molecule has 3 nitrogen and oxygen atoms in total. The quantitative estimate of drug-likeness (QED) is 0.634. The van der Waals surface area contributed by atoms with Gasteiger partial charge in [-0.1, -0.05) is 6.07 Å². The number of anilines is 1. The van der Waals surface area contributed by atoms with Gasteiger partial charge in [0.1, 0.15) is 5.82 Å². The molecule has 0 saturated heterocycles. The minimum absolute atomic E-state index is 0.725. The van der Waals surface area contributed by atoms with Gasteiger partial charge >= 0.3 is 0 Å². The Kier molecular flexibility index (Phi) is 3.11. The number of hydrogen-bond donors (Lipinski definition) is 1. The Morgan fingerprint density at radius 1 is 1.11 bits per heavy atom. The van der Waals surface area contributed by atoms with Crippen LogP contribution >= 0.6 is 31.9 Å². The summed E-state index contributed by atoms with van der Waals surface area (Å²) < 4.78 is 4.14. The third-order valence-electron chi connectivity index (χ3n) is 3.01. The van der Waals surface area contributed by atoms with Gasteiger partial charge in [-0.3, -0.25) is 4.57 Å². The predicted octanol–water partition coefficient (Wildman–Crippen LogP) is 4.44. The average molecular weight is 381 g/mol. The lowest BCUT2D eigenvalue weighted by molar-refractivity contribution is 0.990. The van der Waals surface area contributed by atoms with E-state index in [1.165, 1.54) is 0 Å². The van der Waals surface area contributed by atoms with Gasteiger partial charge < -0.3 is 5.73 Å². The van der Waals surface area contributed by atoms with E-state index in [2.05, 4.69) is 41.4 Å². The van der Waals surface area contributed by atoms with Crippen molar-refractivity contribution in [1.29, 1.82) is 0 Å². The zero-order chi connectivity index (χ0) is 13.6. The highest BCUT2D eigenvalue weighted by molar-refractivity contribution is 9.11. The van der Waals surface area contributed by atoms with Crippen LogP contribution in [0.4, 0.5) is 5.69 Å². The minimum atomic E-state index is 0.725. The SMILES string of the molecule is Cc1nc2cc(N)ccc2n1-c1c(Br)cccc1Br. The van der Waals surface area contributed by atoms with Gasteiger partial charge in [0.05, 0.1) is 16.7 Å². The largest absolute Gasteiger partial charge is 0.399 e. The first-order chi connectivity index (χ1) is 9.08. The van der Waals surface area contributed by atoms with Crippen molar-refractivity contribution in [2.75, 3.05) is 5.73 Å². The smallest absolute Gasteiger partial charge is 0.111 e. The Balaban J connectivity index is 2.40. The number of nitrogen functional groups attached to an aromatic ring is 1. The summed E-state index contributed by atoms with van der Waals surface area (Å²) in [7, 11) is 0. The number of nitrogens with two attached hydrogens (primary N) is 1. The molecule has 0 aliphatic heterocycles. The minimum Gasteiger partial charge on any atom is -0.399 e. The number of halogens is 2. The summed E-state index contributed by atoms with van der Waals surface area (Å²) in [6, 6.07) is 11.8. The number of para-hydroxylation sites is 1. The molecule has 2 N–H and O–H groups in total. The summed E-state index contributed by atoms with van der Waals surface area (Å²) in [5, 5.41) is 0. The van der Waals surface area contributed by atoms with Crippen molar-refractivity contribution in [3.63, 3.8) is 0 Å². The van der Waals surface area contributed by atoms with Crippen LogP contribution in [0, 0.1) is 6.92 Å². The molecule has 5 heteroatoms. The first kappa shape index (κ1) is 12.7. The zero-order valence-electron chi connectivity index (χ0n) is 10.2. The van der Waals surface area contributed by atoms with Gasteiger partial charge in [0, 0.05) is 14.6 Å². The molecular formula is C14H11Br2N3. The van der Waals surface area contributed by atoms with Gasteiger partial charge in [0.25, 0.3) is 0 Å². The normalized spacial score (nSPS) is 11.1. The fourth-order valence-corrected chi connectivity index (χ4v) is 3.56. The summed E-state index contributed by atoms with van der Waals surface area (Å²) >= 11 is 7.20. The number of nitrogens with zero attached hydrogens (tertiary/aromatic N) is 2. The summed E-state index contributed by atoms with van der Waals surface area (Å²) in [5.74, 6) is 0.924. The van der Waals surface area contributed by atoms with Crippen LogP contribution in [0.5, 0.6) is 0 Å². The van der Waals surface area contributed by atoms with Gasteiger partial charge in [-0.15, -0.1) is 0 Å². The Morgan fingerprint density at radius 2 is 1.79 bits per heavy atom. The molecule has 0 radical (unpaired) electrons. The molecular weight excluding hydrogens is 370 g/mol. The number of fused-ring (bicyclic) bond motifs is 1. The summed E-state index contributed by atoms with van der Waals surface area (Å²) in [6.45, 7) is 1.99. The molecule has 0 saturated carbocycles. The maximum Gasteiger partial charge on any atom is 0.111 e. The monoisotopic (exact) mass is 379 g/mol. The van der Waals surface area contributed by atoms with Crippen LogP contribution in [0.25, 0.3) is 16.7 Å². The van der Waals surface area contributed by atoms with E-state index >= 15 is 0 Å². The Morgan fingerprint density at radius 3 is 2.47 bits per heavy atom. The van der Waals surface area contributed by atoms with Crippen molar-refractivity contribution in [3.05, 3.63) is 51.2 Å². The molecule has 19 heavy (non-hydrogen) atoms. The maximum absolute atomic E-state index is 5.81. The van der Waals surface area contributed by atoms with Gasteiger partial charge in [0.15, 0.2) is 0 Å². The highest BCUT2D eigenvalue weighted by Gasteiger charge is 2.14. The van der Waals surface area contributed by atoms with Gasteiger partial charge in [-0.25, -0.2) is 4.98 Å². The lowest BCUT2D eigenvalue weighted by atomic mass is 10.2. The van der Waals surface area contributed by atoms with Crippen molar-refractivity contribution in [3.8, 4) is 5.69 Å². The lowest BCUT2D eigenvalue weighted by Gasteiger charge is -2.11. The molecule has 0 unspecified atom stereocenters. The van der Waals surface area contributed by atoms with E-state index < -0.39 is 0 Å². The zero-order valence-corrected chi connectivity index (χ0v) is 13.4. The molecule has 3 rings (SSSR count). The molecule has 0 aliphatic carbocycles. The Hall–Kier alpha value is -1.33. The van der Waals surface area contributed by atoms with Crippen molar-refractivity contribution in [1.82, 2.24) is 9.55 Å². The predicted molar refractivity (Wildman–Crippen MR) is 85.6 cm³/mol. The van der Waals surface area contributed by atoms with Crippen LogP contribution in [0.15, 0.2) is 45.3 Å². The number of rotatable bonds is 1. The van der Waals surface area contributed by atoms with Crippen LogP contribution in [0.3, 0.4) is 0 Å². The highest BCUT2D eigenvalue weighted by Crippen LogP contribution is 2.33. The summed E-state index contributed by atoms with van der Waals surface area (Å²) in [6.07, 6.45) is 0. The van der Waals surface area contributed by atoms with Crippen LogP contribution < -0.4 is 5.73 Å². The molecule has 2 aromatic carbocycles. The first-order valence-corrected chi connectivity index (χ1v) is 7.35. The van der Waals surface area contributed by atoms with Gasteiger partial charge in [-0.2, -0.15) is 0 Å². The molecule has 0 atom stereocenters. The molecule has 96 valence electrons. The second kappa shape index (κ2) is 4.65. The molecule has 0 fully saturated rings. The van der Waals surface area contributed by atoms with Crippen molar-refractivity contribution in [2.45, 2.75) is 6.92 Å². The molecule has 1 heterocycles. The topological polar surface area (TPSA) is 43.8 Å². The van der Waals surface area contributed by atoms with Gasteiger partial charge in [0.2, 0.25) is 0 Å². The molecule has 0 amide bonds. The van der Waals surface area contributed by atoms with Crippen LogP contribution in [-0.4, -0.2) is 9.55 Å². The second-order valence-electron chi connectivity index (χ2n) is 4.31. The summed E-state index contributed by atoms with van der Waals surface area (Å²) in [4.78, 5) is 4.57. The van der Waals surface area contributed by atoms with E-state index in [4.69, 9.17) is 5.73 Å². The molecule has 0 aliphatic rings. The van der Waals surface area contributed by atoms with E-state index in [0.717, 1.165) is 37.2 Å². The second-order valence-corrected chi connectivity index (χ2v) is 6.02. The molecule has 0 bridgehead atoms. The van der Waals surface area contributed by atoms with Crippen LogP contribution in [0.2, 0.25) is 0 Å². The van der Waals surface area contributed by atoms with E-state index in [0.29, 0.717) is 0 Å². The fraction of sp³-hybridized carbons (Fsp3) is 0.0714. The summed E-state index contributed by atoms with van der Waals surface area (Å²) in [5.41, 5.74) is 9.53. The Bertz CT molecular complexity index is 757. The standard InChI is InChI=1S/C14H11Br2N3/c1-8-18-12-7-9(17)5-6-13(12)19(8)14-10(15)3-2-4-11(14)16/h2-7H,17H2,1H3. The number of aryl methyl sites for hydroxylation is 1. The third kappa shape index (κ3) is 2.07. The van der Waals surface area contributed by atoms with Crippen LogP contribution in [-0.2, 0) is 0 Å². The number of benzene rings is 2. The molecule has 1 aromatic heterocycles. The lowest BCUT2D eigenvalue weighted by Crippen LogP contribution is -1.99.